The van der Waals surface area contributed by atoms with Gasteiger partial charge >= 0.3 is 0 Å². The number of hydrogen-bond acceptors (Lipinski definition) is 2. The molecule has 0 radical (unpaired) electrons. The van der Waals surface area contributed by atoms with E-state index in [0.717, 1.165) is 10.2 Å². The van der Waals surface area contributed by atoms with Crippen LogP contribution in [-0.2, 0) is 4.79 Å². The van der Waals surface area contributed by atoms with E-state index in [-0.39, 0.29) is 11.4 Å². The Morgan fingerprint density at radius 1 is 1.38 bits per heavy atom. The van der Waals surface area contributed by atoms with Gasteiger partial charge in [0.1, 0.15) is 0 Å². The van der Waals surface area contributed by atoms with Gasteiger partial charge in [-0.3, -0.25) is 4.79 Å². The Morgan fingerprint density at radius 3 is 2.75 bits per heavy atom. The molecule has 0 saturated carbocycles. The van der Waals surface area contributed by atoms with Gasteiger partial charge in [-0.05, 0) is 41.9 Å². The second-order valence-electron chi connectivity index (χ2n) is 4.67. The van der Waals surface area contributed by atoms with Gasteiger partial charge in [-0.25, -0.2) is 0 Å². The van der Waals surface area contributed by atoms with Gasteiger partial charge in [-0.15, -0.1) is 0 Å². The monoisotopic (exact) mass is 282 g/mol. The van der Waals surface area contributed by atoms with E-state index >= 15 is 0 Å². The Morgan fingerprint density at radius 2 is 2.06 bits per heavy atom. The van der Waals surface area contributed by atoms with Crippen LogP contribution in [0.25, 0.3) is 0 Å². The van der Waals surface area contributed by atoms with E-state index in [2.05, 4.69) is 35.1 Å². The number of carbonyl (C=O) groups excluding carboxylic acids is 1. The number of nitrogens with one attached hydrogen (secondary N) is 1. The molecular formula is C12H15BrN2O. The number of piperazine rings is 1. The van der Waals surface area contributed by atoms with E-state index in [9.17, 15) is 4.79 Å². The summed E-state index contributed by atoms with van der Waals surface area (Å²) in [6, 6.07) is 7.81. The van der Waals surface area contributed by atoms with Crippen molar-refractivity contribution in [3.05, 3.63) is 28.7 Å². The molecule has 0 spiro atoms. The predicted molar refractivity (Wildman–Crippen MR) is 68.6 cm³/mol. The van der Waals surface area contributed by atoms with Crippen LogP contribution >= 0.6 is 15.9 Å². The minimum Gasteiger partial charge on any atom is -0.308 e. The van der Waals surface area contributed by atoms with Crippen molar-refractivity contribution in [2.24, 2.45) is 0 Å². The number of nitrogens with zero attached hydrogens (tertiary/aromatic N) is 1. The number of anilines is 1. The highest BCUT2D eigenvalue weighted by Crippen LogP contribution is 2.28. The number of hydrogen-bond donors (Lipinski definition) is 1. The maximum Gasteiger partial charge on any atom is 0.241 e. The summed E-state index contributed by atoms with van der Waals surface area (Å²) in [5, 5.41) is 3.22. The first-order chi connectivity index (χ1) is 7.49. The molecule has 16 heavy (non-hydrogen) atoms. The first-order valence-corrected chi connectivity index (χ1v) is 6.09. The average Bonchev–Trinajstić information content (AvgIpc) is 2.23. The van der Waals surface area contributed by atoms with Gasteiger partial charge in [-0.2, -0.15) is 0 Å². The predicted octanol–water partition coefficient (Wildman–Crippen LogP) is 2.16. The lowest BCUT2D eigenvalue weighted by atomic mass is 10.0. The van der Waals surface area contributed by atoms with E-state index in [1.807, 2.05) is 29.2 Å². The summed E-state index contributed by atoms with van der Waals surface area (Å²) in [5.74, 6) is 0.117. The minimum absolute atomic E-state index is 0.0385. The van der Waals surface area contributed by atoms with Crippen LogP contribution in [0, 0.1) is 0 Å². The van der Waals surface area contributed by atoms with E-state index < -0.39 is 0 Å². The Hall–Kier alpha value is -0.870. The minimum atomic E-state index is -0.0385. The smallest absolute Gasteiger partial charge is 0.241 e. The van der Waals surface area contributed by atoms with Gasteiger partial charge in [0.25, 0.3) is 0 Å². The molecule has 0 aromatic heterocycles. The first kappa shape index (κ1) is 11.6. The average molecular weight is 283 g/mol. The zero-order valence-corrected chi connectivity index (χ0v) is 11.0. The van der Waals surface area contributed by atoms with Crippen molar-refractivity contribution in [1.82, 2.24) is 5.32 Å². The fourth-order valence-corrected chi connectivity index (χ4v) is 2.34. The van der Waals surface area contributed by atoms with E-state index in [4.69, 9.17) is 0 Å². The third-order valence-electron chi connectivity index (χ3n) is 2.72. The maximum absolute atomic E-state index is 11.9. The second kappa shape index (κ2) is 4.18. The Balaban J connectivity index is 2.32. The molecular weight excluding hydrogens is 268 g/mol. The molecule has 1 aromatic carbocycles. The lowest BCUT2D eigenvalue weighted by molar-refractivity contribution is -0.119. The Bertz CT molecular complexity index is 417. The van der Waals surface area contributed by atoms with Gasteiger partial charge in [0.2, 0.25) is 5.91 Å². The summed E-state index contributed by atoms with van der Waals surface area (Å²) >= 11 is 3.48. The molecule has 1 saturated heterocycles. The van der Waals surface area contributed by atoms with Crippen LogP contribution in [-0.4, -0.2) is 24.5 Å². The highest BCUT2D eigenvalue weighted by Gasteiger charge is 2.31. The third-order valence-corrected chi connectivity index (χ3v) is 3.39. The molecule has 86 valence electrons. The molecule has 3 nitrogen and oxygen atoms in total. The molecule has 0 bridgehead atoms. The summed E-state index contributed by atoms with van der Waals surface area (Å²) in [5.41, 5.74) is 0.908. The summed E-state index contributed by atoms with van der Waals surface area (Å²) in [4.78, 5) is 13.7. The van der Waals surface area contributed by atoms with Gasteiger partial charge in [-0.1, -0.05) is 12.1 Å². The molecule has 1 aromatic rings. The van der Waals surface area contributed by atoms with Gasteiger partial charge < -0.3 is 10.2 Å². The van der Waals surface area contributed by atoms with Crippen LogP contribution in [0.4, 0.5) is 5.69 Å². The normalized spacial score (nSPS) is 19.9. The molecule has 1 heterocycles. The molecule has 1 N–H and O–H groups in total. The maximum atomic E-state index is 11.9. The number of benzene rings is 1. The van der Waals surface area contributed by atoms with Crippen molar-refractivity contribution in [2.75, 3.05) is 18.0 Å². The number of rotatable bonds is 1. The molecule has 2 rings (SSSR count). The summed E-state index contributed by atoms with van der Waals surface area (Å²) in [7, 11) is 0. The molecule has 1 aliphatic rings. The fraction of sp³-hybridized carbons (Fsp3) is 0.417. The molecule has 0 aliphatic carbocycles. The summed E-state index contributed by atoms with van der Waals surface area (Å²) < 4.78 is 0.959. The Kier molecular flexibility index (Phi) is 3.04. The topological polar surface area (TPSA) is 32.3 Å². The molecule has 1 fully saturated rings. The van der Waals surface area contributed by atoms with Gasteiger partial charge in [0.05, 0.1) is 12.2 Å². The lowest BCUT2D eigenvalue weighted by Crippen LogP contribution is -2.60. The van der Waals surface area contributed by atoms with Crippen LogP contribution < -0.4 is 10.2 Å². The van der Waals surface area contributed by atoms with Crippen LogP contribution in [0.1, 0.15) is 13.8 Å². The first-order valence-electron chi connectivity index (χ1n) is 5.29. The number of para-hydroxylation sites is 1. The van der Waals surface area contributed by atoms with Crippen molar-refractivity contribution < 1.29 is 4.79 Å². The van der Waals surface area contributed by atoms with Crippen LogP contribution in [0.5, 0.6) is 0 Å². The summed E-state index contributed by atoms with van der Waals surface area (Å²) in [6.45, 7) is 5.29. The van der Waals surface area contributed by atoms with E-state index in [0.29, 0.717) is 13.1 Å². The number of amides is 1. The highest BCUT2D eigenvalue weighted by atomic mass is 79.9. The molecule has 4 heteroatoms. The van der Waals surface area contributed by atoms with E-state index in [1.165, 1.54) is 0 Å². The number of carbonyl (C=O) groups is 1. The van der Waals surface area contributed by atoms with Crippen LogP contribution in [0.2, 0.25) is 0 Å². The quantitative estimate of drug-likeness (QED) is 0.856. The van der Waals surface area contributed by atoms with Gasteiger partial charge in [0, 0.05) is 16.6 Å². The van der Waals surface area contributed by atoms with Crippen molar-refractivity contribution in [3.63, 3.8) is 0 Å². The van der Waals surface area contributed by atoms with Crippen LogP contribution in [0.3, 0.4) is 0 Å². The van der Waals surface area contributed by atoms with Crippen molar-refractivity contribution >= 4 is 27.5 Å². The lowest BCUT2D eigenvalue weighted by Gasteiger charge is -2.39. The second-order valence-corrected chi connectivity index (χ2v) is 5.52. The highest BCUT2D eigenvalue weighted by molar-refractivity contribution is 9.10. The fourth-order valence-electron chi connectivity index (χ4n) is 1.84. The molecule has 1 amide bonds. The van der Waals surface area contributed by atoms with Crippen LogP contribution in [0.15, 0.2) is 28.7 Å². The van der Waals surface area contributed by atoms with Crippen molar-refractivity contribution in [2.45, 2.75) is 19.4 Å². The van der Waals surface area contributed by atoms with Gasteiger partial charge in [0.15, 0.2) is 0 Å². The largest absolute Gasteiger partial charge is 0.308 e. The molecule has 0 atom stereocenters. The van der Waals surface area contributed by atoms with Crippen molar-refractivity contribution in [3.8, 4) is 0 Å². The molecule has 0 unspecified atom stereocenters. The molecule has 1 aliphatic heterocycles. The summed E-state index contributed by atoms with van der Waals surface area (Å²) in [6.07, 6.45) is 0. The zero-order chi connectivity index (χ0) is 11.8. The van der Waals surface area contributed by atoms with E-state index in [1.54, 1.807) is 0 Å². The zero-order valence-electron chi connectivity index (χ0n) is 9.46. The standard InChI is InChI=1S/C12H15BrN2O/c1-12(2)8-15(11(16)7-14-12)10-6-4-3-5-9(10)13/h3-6,14H,7-8H2,1-2H3. The Labute approximate surface area is 104 Å². The van der Waals surface area contributed by atoms with Crippen molar-refractivity contribution in [1.29, 1.82) is 0 Å². The SMILES string of the molecule is CC1(C)CN(c2ccccc2Br)C(=O)CN1. The third kappa shape index (κ3) is 2.28. The number of halogens is 1.